The molecule has 1 nitrogen and oxygen atoms in total. The highest BCUT2D eigenvalue weighted by atomic mass is 29.1. The molecule has 4 heteroatoms. The average Bonchev–Trinajstić information content (AvgIpc) is 1.37. The van der Waals surface area contributed by atoms with Crippen LogP contribution in [0, 0.1) is 0 Å². The summed E-state index contributed by atoms with van der Waals surface area (Å²) in [6.07, 6.45) is 0. The highest BCUT2D eigenvalue weighted by Gasteiger charge is 1.55. The van der Waals surface area contributed by atoms with Crippen LogP contribution in [0.2, 0.25) is 0 Å². The number of hydrogen-bond donors (Lipinski definition) is 0. The first-order chi connectivity index (χ1) is 1.91. The summed E-state index contributed by atoms with van der Waals surface area (Å²) >= 11 is 0. The molecule has 0 bridgehead atoms. The van der Waals surface area contributed by atoms with Crippen molar-refractivity contribution in [1.29, 1.82) is 0 Å². The largest absolute Gasteiger partial charge is 0.471 e. The summed E-state index contributed by atoms with van der Waals surface area (Å²) < 4.78 is 4.73. The maximum Gasteiger partial charge on any atom is 0.129 e. The van der Waals surface area contributed by atoms with Crippen molar-refractivity contribution in [2.24, 2.45) is 0 Å². The smallest absolute Gasteiger partial charge is 0.129 e. The highest BCUT2D eigenvalue weighted by molar-refractivity contribution is 6.86. The van der Waals surface area contributed by atoms with Crippen LogP contribution in [0.4, 0.5) is 0 Å². The minimum Gasteiger partial charge on any atom is -0.471 e. The van der Waals surface area contributed by atoms with Crippen molar-refractivity contribution in [3.8, 4) is 0 Å². The van der Waals surface area contributed by atoms with E-state index in [9.17, 15) is 0 Å². The second-order valence-corrected chi connectivity index (χ2v) is 3.90. The van der Waals surface area contributed by atoms with Crippen molar-refractivity contribution in [2.45, 2.75) is 0 Å². The standard InChI is InChI=1S/H5OSi3/c2-1-4-3/h4H2,2H3. The maximum absolute atomic E-state index is 4.73. The molecule has 0 amide bonds. The van der Waals surface area contributed by atoms with Crippen molar-refractivity contribution in [3.05, 3.63) is 0 Å². The summed E-state index contributed by atoms with van der Waals surface area (Å²) in [6, 6.07) is 0. The van der Waals surface area contributed by atoms with Crippen molar-refractivity contribution in [1.82, 2.24) is 0 Å². The molecule has 0 aromatic carbocycles. The van der Waals surface area contributed by atoms with Gasteiger partial charge >= 0.3 is 0 Å². The lowest BCUT2D eigenvalue weighted by atomic mass is 15.8. The fraction of sp³-hybridized carbons (Fsp3) is 0. The lowest BCUT2D eigenvalue weighted by Crippen LogP contribution is -1.90. The molecule has 3 radical (unpaired) electrons. The minimum absolute atomic E-state index is 0.208. The molecule has 0 aliphatic carbocycles. The SMILES string of the molecule is [Si][SiH2]O[SiH3]. The molecule has 0 aliphatic heterocycles. The third kappa shape index (κ3) is 2.61. The fourth-order valence-corrected chi connectivity index (χ4v) is 0. The van der Waals surface area contributed by atoms with Crippen LogP contribution in [-0.2, 0) is 4.12 Å². The van der Waals surface area contributed by atoms with Crippen LogP contribution < -0.4 is 0 Å². The fourth-order valence-electron chi connectivity index (χ4n) is 0. The predicted octanol–water partition coefficient (Wildman–Crippen LogP) is -2.55. The molecule has 0 fully saturated rings. The molecule has 0 saturated carbocycles. The van der Waals surface area contributed by atoms with E-state index in [4.69, 9.17) is 4.12 Å². The Morgan fingerprint density at radius 2 is 2.25 bits per heavy atom. The Bertz CT molecular complexity index is 5.25. The molecule has 0 aromatic rings. The number of hydrogen-bond acceptors (Lipinski definition) is 1. The first kappa shape index (κ1) is 4.61. The van der Waals surface area contributed by atoms with E-state index in [0.29, 0.717) is 0 Å². The average molecular weight is 105 g/mol. The van der Waals surface area contributed by atoms with Crippen LogP contribution in [0.15, 0.2) is 0 Å². The molecule has 0 unspecified atom stereocenters. The lowest BCUT2D eigenvalue weighted by molar-refractivity contribution is 0.683. The normalized spacial score (nSPS) is 11.2. The van der Waals surface area contributed by atoms with E-state index in [1.54, 1.807) is 0 Å². The van der Waals surface area contributed by atoms with Gasteiger partial charge in [-0.05, 0) is 0 Å². The van der Waals surface area contributed by atoms with E-state index in [-0.39, 0.29) is 9.28 Å². The Hall–Kier alpha value is 0.611. The molecule has 0 heterocycles. The number of rotatable bonds is 1. The second kappa shape index (κ2) is 3.61. The Kier molecular flexibility index (Phi) is 4.16. The highest BCUT2D eigenvalue weighted by Crippen LogP contribution is 1.36. The minimum atomic E-state index is -0.208. The monoisotopic (exact) mass is 105 g/mol. The van der Waals surface area contributed by atoms with Crippen molar-refractivity contribution in [3.63, 3.8) is 0 Å². The summed E-state index contributed by atoms with van der Waals surface area (Å²) in [5, 5.41) is 0. The Balaban J connectivity index is 1.97. The molecule has 0 aliphatic rings. The first-order valence-electron chi connectivity index (χ1n) is 1.05. The quantitative estimate of drug-likeness (QED) is 0.334. The van der Waals surface area contributed by atoms with Gasteiger partial charge in [-0.2, -0.15) is 0 Å². The molecule has 4 heavy (non-hydrogen) atoms. The molecule has 23 valence electrons. The van der Waals surface area contributed by atoms with Gasteiger partial charge in [0.25, 0.3) is 0 Å². The third-order valence-electron chi connectivity index (χ3n) is 0.144. The van der Waals surface area contributed by atoms with E-state index in [1.165, 1.54) is 0 Å². The van der Waals surface area contributed by atoms with Gasteiger partial charge in [0.1, 0.15) is 19.8 Å². The van der Waals surface area contributed by atoms with Crippen molar-refractivity contribution < 1.29 is 4.12 Å². The molecule has 0 N–H and O–H groups in total. The molecular weight excluding hydrogens is 100 g/mol. The van der Waals surface area contributed by atoms with Gasteiger partial charge in [0.05, 0.1) is 0 Å². The van der Waals surface area contributed by atoms with Gasteiger partial charge in [-0.3, -0.25) is 0 Å². The van der Waals surface area contributed by atoms with Crippen LogP contribution in [0.3, 0.4) is 0 Å². The molecule has 0 rings (SSSR count). The summed E-state index contributed by atoms with van der Waals surface area (Å²) in [6.45, 7) is 0. The van der Waals surface area contributed by atoms with Gasteiger partial charge in [-0.1, -0.05) is 0 Å². The lowest BCUT2D eigenvalue weighted by Gasteiger charge is -1.76. The van der Waals surface area contributed by atoms with Crippen molar-refractivity contribution in [2.75, 3.05) is 0 Å². The van der Waals surface area contributed by atoms with E-state index >= 15 is 0 Å². The van der Waals surface area contributed by atoms with Crippen molar-refractivity contribution >= 4 is 29.5 Å². The summed E-state index contributed by atoms with van der Waals surface area (Å²) in [5.41, 5.74) is 0. The Morgan fingerprint density at radius 3 is 2.25 bits per heavy atom. The van der Waals surface area contributed by atoms with Crippen LogP contribution in [0.5, 0.6) is 0 Å². The van der Waals surface area contributed by atoms with E-state index < -0.39 is 0 Å². The van der Waals surface area contributed by atoms with E-state index in [0.717, 1.165) is 10.5 Å². The van der Waals surface area contributed by atoms with E-state index in [2.05, 4.69) is 9.76 Å². The second-order valence-electron chi connectivity index (χ2n) is 0.433. The zero-order valence-corrected chi connectivity index (χ0v) is 7.03. The molecule has 0 atom stereocenters. The van der Waals surface area contributed by atoms with Crippen LogP contribution >= 0.6 is 0 Å². The van der Waals surface area contributed by atoms with E-state index in [1.807, 2.05) is 0 Å². The predicted molar refractivity (Wildman–Crippen MR) is 25.3 cm³/mol. The summed E-state index contributed by atoms with van der Waals surface area (Å²) in [5.74, 6) is 0. The molecule has 0 aromatic heterocycles. The van der Waals surface area contributed by atoms with Gasteiger partial charge in [0.15, 0.2) is 0 Å². The van der Waals surface area contributed by atoms with Crippen LogP contribution in [0.25, 0.3) is 0 Å². The van der Waals surface area contributed by atoms with Gasteiger partial charge < -0.3 is 4.12 Å². The van der Waals surface area contributed by atoms with Gasteiger partial charge in [0.2, 0.25) is 0 Å². The maximum atomic E-state index is 4.73. The van der Waals surface area contributed by atoms with Crippen LogP contribution in [-0.4, -0.2) is 29.5 Å². The van der Waals surface area contributed by atoms with Gasteiger partial charge in [-0.25, -0.2) is 0 Å². The van der Waals surface area contributed by atoms with Gasteiger partial charge in [-0.15, -0.1) is 0 Å². The Morgan fingerprint density at radius 1 is 2.00 bits per heavy atom. The zero-order chi connectivity index (χ0) is 3.41. The summed E-state index contributed by atoms with van der Waals surface area (Å²) in [4.78, 5) is 0. The topological polar surface area (TPSA) is 9.23 Å². The molecule has 0 spiro atoms. The molecule has 0 saturated heterocycles. The Labute approximate surface area is 34.4 Å². The zero-order valence-electron chi connectivity index (χ0n) is 2.62. The van der Waals surface area contributed by atoms with Crippen LogP contribution in [0.1, 0.15) is 0 Å². The summed E-state index contributed by atoms with van der Waals surface area (Å²) in [7, 11) is 3.93. The van der Waals surface area contributed by atoms with Gasteiger partial charge in [0, 0.05) is 9.76 Å². The third-order valence-corrected chi connectivity index (χ3v) is 3.90. The first-order valence-corrected chi connectivity index (χ1v) is 5.27. The molecular formula is H5OSi3.